The minimum absolute atomic E-state index is 0.0903. The number of hydrogen-bond donors (Lipinski definition) is 5. The molecule has 2 amide bonds. The van der Waals surface area contributed by atoms with E-state index in [0.29, 0.717) is 0 Å². The lowest BCUT2D eigenvalue weighted by Gasteiger charge is -2.33. The summed E-state index contributed by atoms with van der Waals surface area (Å²) in [6, 6.07) is 0. The Balaban J connectivity index is 2.43. The molecule has 0 radical (unpaired) electrons. The van der Waals surface area contributed by atoms with Gasteiger partial charge in [0.1, 0.15) is 30.0 Å². The van der Waals surface area contributed by atoms with Gasteiger partial charge in [-0.1, -0.05) is 6.58 Å². The number of carbonyl (C=O) groups excluding carboxylic acids is 2. The molecule has 0 aromatic carbocycles. The highest BCUT2D eigenvalue weighted by Gasteiger charge is 2.62. The van der Waals surface area contributed by atoms with E-state index in [-0.39, 0.29) is 5.82 Å². The minimum Gasteiger partial charge on any atom is -0.391 e. The Bertz CT molecular complexity index is 600. The first-order chi connectivity index (χ1) is 10.4. The van der Waals surface area contributed by atoms with Crippen molar-refractivity contribution in [3.63, 3.8) is 0 Å². The first-order valence-corrected chi connectivity index (χ1v) is 6.17. The zero-order valence-corrected chi connectivity index (χ0v) is 11.3. The van der Waals surface area contributed by atoms with Crippen LogP contribution in [0.3, 0.4) is 0 Å². The normalized spacial score (nSPS) is 34.3. The van der Waals surface area contributed by atoms with Gasteiger partial charge in [0.15, 0.2) is 11.3 Å². The third-order valence-electron chi connectivity index (χ3n) is 3.45. The van der Waals surface area contributed by atoms with E-state index in [1.165, 1.54) is 11.1 Å². The number of nitrogens with zero attached hydrogens (tertiary/aromatic N) is 3. The van der Waals surface area contributed by atoms with Gasteiger partial charge in [-0.25, -0.2) is 0 Å². The highest BCUT2D eigenvalue weighted by atomic mass is 16.6. The predicted octanol–water partition coefficient (Wildman–Crippen LogP) is -2.54. The summed E-state index contributed by atoms with van der Waals surface area (Å²) in [5.74, 6) is -2.54. The number of hydrogen-bond acceptors (Lipinski definition) is 8. The van der Waals surface area contributed by atoms with E-state index >= 15 is 0 Å². The number of amides is 2. The Kier molecular flexibility index (Phi) is 4.06. The number of rotatable bonds is 4. The summed E-state index contributed by atoms with van der Waals surface area (Å²) in [7, 11) is 0. The molecule has 0 aromatic rings. The highest BCUT2D eigenvalue weighted by Crippen LogP contribution is 2.39. The molecule has 2 rings (SSSR count). The molecule has 0 spiro atoms. The first-order valence-electron chi connectivity index (χ1n) is 6.17. The van der Waals surface area contributed by atoms with Gasteiger partial charge in [-0.05, 0) is 0 Å². The zero-order chi connectivity index (χ0) is 16.5. The van der Waals surface area contributed by atoms with Gasteiger partial charge in [-0.2, -0.15) is 0 Å². The number of primary amides is 1. The number of nitrogens with one attached hydrogen (secondary N) is 2. The fourth-order valence-electron chi connectivity index (χ4n) is 2.37. The van der Waals surface area contributed by atoms with Crippen molar-refractivity contribution in [2.24, 2.45) is 16.8 Å². The van der Waals surface area contributed by atoms with Crippen molar-refractivity contribution in [3.8, 4) is 0 Å². The van der Waals surface area contributed by atoms with Gasteiger partial charge in [0.05, 0.1) is 0 Å². The number of ether oxygens (including phenoxy) is 1. The smallest absolute Gasteiger partial charge is 0.294 e. The zero-order valence-electron chi connectivity index (χ0n) is 11.3. The van der Waals surface area contributed by atoms with Gasteiger partial charge in [0.25, 0.3) is 11.6 Å². The van der Waals surface area contributed by atoms with Crippen molar-refractivity contribution in [2.45, 2.75) is 18.1 Å². The molecule has 0 aliphatic carbocycles. The predicted molar refractivity (Wildman–Crippen MR) is 68.9 cm³/mol. The second kappa shape index (κ2) is 5.66. The quantitative estimate of drug-likeness (QED) is 0.282. The van der Waals surface area contributed by atoms with Crippen LogP contribution in [0.1, 0.15) is 0 Å². The third kappa shape index (κ3) is 2.38. The summed E-state index contributed by atoms with van der Waals surface area (Å²) < 4.78 is 5.45. The number of carbonyl (C=O) groups is 2. The molecule has 2 aliphatic rings. The maximum atomic E-state index is 11.7. The molecular weight excluding hydrogens is 296 g/mol. The fraction of sp³-hybridized carbons (Fsp3) is 0.455. The lowest BCUT2D eigenvalue weighted by atomic mass is 9.95. The molecule has 4 atom stereocenters. The molecule has 2 heterocycles. The van der Waals surface area contributed by atoms with Crippen molar-refractivity contribution < 1.29 is 24.5 Å². The van der Waals surface area contributed by atoms with Crippen LogP contribution in [-0.4, -0.2) is 51.6 Å². The average molecular weight is 311 g/mol. The lowest BCUT2D eigenvalue weighted by Crippen LogP contribution is -2.48. The van der Waals surface area contributed by atoms with Gasteiger partial charge in [0.2, 0.25) is 10.8 Å². The van der Waals surface area contributed by atoms with Gasteiger partial charge in [-0.15, -0.1) is 0 Å². The van der Waals surface area contributed by atoms with E-state index in [4.69, 9.17) is 16.0 Å². The van der Waals surface area contributed by atoms with Gasteiger partial charge in [0, 0.05) is 12.3 Å². The Morgan fingerprint density at radius 2 is 2.41 bits per heavy atom. The molecule has 0 aromatic heterocycles. The van der Waals surface area contributed by atoms with E-state index in [1.807, 2.05) is 0 Å². The Labute approximate surface area is 124 Å². The number of aliphatic hydroxyl groups excluding tert-OH is 2. The van der Waals surface area contributed by atoms with E-state index in [2.05, 4.69) is 21.9 Å². The molecule has 118 valence electrons. The van der Waals surface area contributed by atoms with Crippen LogP contribution in [0.5, 0.6) is 0 Å². The molecule has 0 saturated carbocycles. The molecule has 0 bridgehead atoms. The van der Waals surface area contributed by atoms with Crippen LogP contribution in [0, 0.1) is 11.4 Å². The molecule has 2 aliphatic heterocycles. The maximum absolute atomic E-state index is 11.7. The molecule has 11 nitrogen and oxygen atoms in total. The lowest BCUT2D eigenvalue weighted by molar-refractivity contribution is -0.138. The topological polar surface area (TPSA) is 175 Å². The Morgan fingerprint density at radius 1 is 1.73 bits per heavy atom. The van der Waals surface area contributed by atoms with Crippen molar-refractivity contribution in [1.29, 1.82) is 5.53 Å². The number of aliphatic hydroxyl groups is 2. The van der Waals surface area contributed by atoms with Crippen LogP contribution < -0.4 is 16.0 Å². The van der Waals surface area contributed by atoms with Crippen LogP contribution in [0.15, 0.2) is 29.8 Å². The molecular formula is C11H15N6O5+. The van der Waals surface area contributed by atoms with Gasteiger partial charge in [-0.3, -0.25) is 9.59 Å². The molecule has 0 unspecified atom stereocenters. The number of nitrogens with two attached hydrogens (primary N) is 1. The Morgan fingerprint density at radius 3 is 2.91 bits per heavy atom. The third-order valence-corrected chi connectivity index (χ3v) is 3.45. The van der Waals surface area contributed by atoms with Crippen LogP contribution in [0.2, 0.25) is 0 Å². The van der Waals surface area contributed by atoms with E-state index < -0.39 is 42.4 Å². The average Bonchev–Trinajstić information content (AvgIpc) is 2.73. The molecule has 11 heteroatoms. The molecule has 1 fully saturated rings. The van der Waals surface area contributed by atoms with Crippen molar-refractivity contribution in [3.05, 3.63) is 24.7 Å². The van der Waals surface area contributed by atoms with Gasteiger partial charge < -0.3 is 30.9 Å². The van der Waals surface area contributed by atoms with E-state index in [0.717, 1.165) is 6.08 Å². The summed E-state index contributed by atoms with van der Waals surface area (Å²) >= 11 is 0. The van der Waals surface area contributed by atoms with Crippen molar-refractivity contribution >= 4 is 11.8 Å². The molecule has 22 heavy (non-hydrogen) atoms. The summed E-state index contributed by atoms with van der Waals surface area (Å²) in [6.45, 7) is 2.78. The Hall–Kier alpha value is -2.59. The first kappa shape index (κ1) is 15.8. The van der Waals surface area contributed by atoms with Gasteiger partial charge >= 0.3 is 0 Å². The molecule has 1 saturated heterocycles. The SMILES string of the molecule is C=C1NC(=O)C=CN1[C@@H]1O[C@@](CO)(N=[N+]=N)[C@@H](O)[C@@H]1C(N)=O. The van der Waals surface area contributed by atoms with Crippen LogP contribution in [0.4, 0.5) is 0 Å². The van der Waals surface area contributed by atoms with E-state index in [9.17, 15) is 19.8 Å². The van der Waals surface area contributed by atoms with Crippen LogP contribution in [-0.2, 0) is 14.3 Å². The summed E-state index contributed by atoms with van der Waals surface area (Å²) in [5, 5.41) is 25.5. The monoisotopic (exact) mass is 311 g/mol. The maximum Gasteiger partial charge on any atom is 0.294 e. The minimum atomic E-state index is -2.00. The van der Waals surface area contributed by atoms with Crippen LogP contribution in [0.25, 0.3) is 0 Å². The molecule has 6 N–H and O–H groups in total. The largest absolute Gasteiger partial charge is 0.391 e. The second-order valence-corrected chi connectivity index (χ2v) is 4.74. The van der Waals surface area contributed by atoms with E-state index in [1.54, 1.807) is 0 Å². The van der Waals surface area contributed by atoms with Crippen molar-refractivity contribution in [2.75, 3.05) is 6.61 Å². The summed E-state index contributed by atoms with van der Waals surface area (Å²) in [4.78, 5) is 26.9. The fourth-order valence-corrected chi connectivity index (χ4v) is 2.37. The summed E-state index contributed by atoms with van der Waals surface area (Å²) in [5.41, 5.74) is 10.1. The highest BCUT2D eigenvalue weighted by molar-refractivity contribution is 5.89. The standard InChI is InChI=1S/C11H14N6O5/c1-5-14-6(19)2-3-17(5)10-7(9(12)21)8(20)11(4-18,22-10)15-16-13/h2-3,7-8,10,13,18,20H,1,4H2,(H2-,12,14,19,21)/p+1/t7-,8+,10-,11-/m1/s1. The van der Waals surface area contributed by atoms with Crippen LogP contribution >= 0.6 is 0 Å². The second-order valence-electron chi connectivity index (χ2n) is 4.74. The summed E-state index contributed by atoms with van der Waals surface area (Å²) in [6.07, 6.45) is -0.366. The van der Waals surface area contributed by atoms with Crippen molar-refractivity contribution in [1.82, 2.24) is 15.1 Å².